The van der Waals surface area contributed by atoms with Crippen molar-refractivity contribution in [1.29, 1.82) is 0 Å². The van der Waals surface area contributed by atoms with Crippen LogP contribution in [0, 0.1) is 0 Å². The highest BCUT2D eigenvalue weighted by molar-refractivity contribution is 5.71. The number of hydrogen-bond acceptors (Lipinski definition) is 6. The summed E-state index contributed by atoms with van der Waals surface area (Å²) in [6, 6.07) is 0. The maximum Gasteiger partial charge on any atom is 0.306 e. The van der Waals surface area contributed by atoms with Gasteiger partial charge in [-0.3, -0.25) is 14.4 Å². The first kappa shape index (κ1) is 70.4. The van der Waals surface area contributed by atoms with Crippen molar-refractivity contribution in [1.82, 2.24) is 0 Å². The zero-order valence-electron chi connectivity index (χ0n) is 48.9. The number of allylic oxidation sites excluding steroid dienone is 8. The molecule has 0 aromatic rings. The number of ether oxygens (including phenoxy) is 3. The van der Waals surface area contributed by atoms with E-state index in [1.165, 1.54) is 225 Å². The minimum absolute atomic E-state index is 0.0720. The first-order chi connectivity index (χ1) is 36.0. The van der Waals surface area contributed by atoms with Gasteiger partial charge in [0.2, 0.25) is 0 Å². The van der Waals surface area contributed by atoms with Crippen molar-refractivity contribution < 1.29 is 28.6 Å². The molecule has 0 aliphatic heterocycles. The summed E-state index contributed by atoms with van der Waals surface area (Å²) in [5, 5.41) is 0. The molecule has 0 bridgehead atoms. The highest BCUT2D eigenvalue weighted by Gasteiger charge is 2.19. The average molecular weight is 1020 g/mol. The Morgan fingerprint density at radius 3 is 0.781 bits per heavy atom. The van der Waals surface area contributed by atoms with E-state index >= 15 is 0 Å². The van der Waals surface area contributed by atoms with Crippen molar-refractivity contribution in [2.75, 3.05) is 13.2 Å². The highest BCUT2D eigenvalue weighted by Crippen LogP contribution is 2.17. The Labute approximate surface area is 454 Å². The van der Waals surface area contributed by atoms with Crippen molar-refractivity contribution in [2.24, 2.45) is 0 Å². The zero-order valence-corrected chi connectivity index (χ0v) is 48.9. The van der Waals surface area contributed by atoms with Gasteiger partial charge in [0.15, 0.2) is 6.10 Å². The third-order valence-corrected chi connectivity index (χ3v) is 14.3. The number of esters is 3. The molecule has 0 saturated heterocycles. The van der Waals surface area contributed by atoms with Crippen LogP contribution in [0.5, 0.6) is 0 Å². The molecule has 0 N–H and O–H groups in total. The van der Waals surface area contributed by atoms with Crippen LogP contribution in [-0.4, -0.2) is 37.2 Å². The lowest BCUT2D eigenvalue weighted by atomic mass is 10.0. The fraction of sp³-hybridized carbons (Fsp3) is 0.836. The molecular formula is C67H122O6. The summed E-state index contributed by atoms with van der Waals surface area (Å²) in [4.78, 5) is 38.1. The van der Waals surface area contributed by atoms with E-state index in [1.54, 1.807) is 0 Å². The average Bonchev–Trinajstić information content (AvgIpc) is 3.39. The van der Waals surface area contributed by atoms with Crippen LogP contribution in [0.1, 0.15) is 342 Å². The van der Waals surface area contributed by atoms with Gasteiger partial charge in [-0.2, -0.15) is 0 Å². The Balaban J connectivity index is 4.09. The molecule has 0 amide bonds. The molecule has 426 valence electrons. The maximum atomic E-state index is 12.8. The minimum atomic E-state index is -0.773. The van der Waals surface area contributed by atoms with Crippen molar-refractivity contribution in [2.45, 2.75) is 348 Å². The van der Waals surface area contributed by atoms with Gasteiger partial charge in [-0.15, -0.1) is 0 Å². The van der Waals surface area contributed by atoms with E-state index in [-0.39, 0.29) is 31.1 Å². The second-order valence-electron chi connectivity index (χ2n) is 21.7. The van der Waals surface area contributed by atoms with E-state index in [2.05, 4.69) is 69.4 Å². The molecule has 6 nitrogen and oxygen atoms in total. The topological polar surface area (TPSA) is 78.9 Å². The summed E-state index contributed by atoms with van der Waals surface area (Å²) in [5.74, 6) is -0.865. The van der Waals surface area contributed by atoms with Gasteiger partial charge in [-0.1, -0.05) is 288 Å². The van der Waals surface area contributed by atoms with E-state index < -0.39 is 6.10 Å². The first-order valence-corrected chi connectivity index (χ1v) is 32.1. The van der Waals surface area contributed by atoms with Crippen LogP contribution in [0.2, 0.25) is 0 Å². The van der Waals surface area contributed by atoms with E-state index in [0.717, 1.165) is 77.0 Å². The Hall–Kier alpha value is -2.63. The summed E-state index contributed by atoms with van der Waals surface area (Å²) in [6.45, 7) is 6.64. The lowest BCUT2D eigenvalue weighted by Gasteiger charge is -2.18. The number of carbonyl (C=O) groups is 3. The molecule has 0 heterocycles. The van der Waals surface area contributed by atoms with Gasteiger partial charge in [0.25, 0.3) is 0 Å². The smallest absolute Gasteiger partial charge is 0.306 e. The number of rotatable bonds is 59. The van der Waals surface area contributed by atoms with Gasteiger partial charge in [0.1, 0.15) is 13.2 Å². The minimum Gasteiger partial charge on any atom is -0.462 e. The molecule has 0 fully saturated rings. The molecule has 1 atom stereocenters. The number of carbonyl (C=O) groups excluding carboxylic acids is 3. The third-order valence-electron chi connectivity index (χ3n) is 14.3. The van der Waals surface area contributed by atoms with Gasteiger partial charge in [0, 0.05) is 19.3 Å². The Morgan fingerprint density at radius 2 is 0.493 bits per heavy atom. The quantitative estimate of drug-likeness (QED) is 0.0261. The van der Waals surface area contributed by atoms with Gasteiger partial charge in [-0.05, 0) is 83.5 Å². The van der Waals surface area contributed by atoms with Crippen molar-refractivity contribution >= 4 is 17.9 Å². The van der Waals surface area contributed by atoms with Crippen LogP contribution in [0.25, 0.3) is 0 Å². The molecule has 0 spiro atoms. The molecule has 0 aromatic heterocycles. The molecule has 0 aliphatic carbocycles. The van der Waals surface area contributed by atoms with Crippen LogP contribution in [0.4, 0.5) is 0 Å². The van der Waals surface area contributed by atoms with Crippen molar-refractivity contribution in [3.8, 4) is 0 Å². The van der Waals surface area contributed by atoms with Crippen LogP contribution < -0.4 is 0 Å². The molecule has 0 aromatic carbocycles. The number of unbranched alkanes of at least 4 members (excludes halogenated alkanes) is 40. The highest BCUT2D eigenvalue weighted by atomic mass is 16.6. The van der Waals surface area contributed by atoms with Crippen molar-refractivity contribution in [3.63, 3.8) is 0 Å². The first-order valence-electron chi connectivity index (χ1n) is 32.1. The van der Waals surface area contributed by atoms with E-state index in [0.29, 0.717) is 19.3 Å². The summed E-state index contributed by atoms with van der Waals surface area (Å²) in [5.41, 5.74) is 0. The molecule has 0 radical (unpaired) electrons. The molecule has 1 unspecified atom stereocenters. The van der Waals surface area contributed by atoms with Crippen molar-refractivity contribution in [3.05, 3.63) is 48.6 Å². The maximum absolute atomic E-state index is 12.8. The Bertz CT molecular complexity index is 1270. The van der Waals surface area contributed by atoms with E-state index in [1.807, 2.05) is 0 Å². The SMILES string of the molecule is CCCCCCC/C=C\C/C=C\C/C=C\CCCCCCCCCCCCCCCCCCC(=O)OCC(COC(=O)CCCCCCCCCCCC)OC(=O)CCCCCCC/C=C\CCCCCCC. The second-order valence-corrected chi connectivity index (χ2v) is 21.7. The third kappa shape index (κ3) is 60.1. The standard InChI is InChI=1S/C67H122O6/c1-4-7-10-13-16-19-22-24-26-27-28-29-30-31-32-33-34-35-36-37-38-39-40-41-42-44-45-48-51-54-57-60-66(69)72-63-64(62-71-65(68)59-56-53-50-47-21-18-15-12-9-6-3)73-67(70)61-58-55-52-49-46-43-25-23-20-17-14-11-8-5-2/h22-25,27-28,30-31,64H,4-21,26,29,32-63H2,1-3H3/b24-22-,25-23-,28-27-,31-30-. The predicted molar refractivity (Wildman–Crippen MR) is 316 cm³/mol. The molecule has 6 heteroatoms. The fourth-order valence-electron chi connectivity index (χ4n) is 9.45. The normalized spacial score (nSPS) is 12.3. The van der Waals surface area contributed by atoms with Crippen LogP contribution in [0.3, 0.4) is 0 Å². The van der Waals surface area contributed by atoms with E-state index in [4.69, 9.17) is 14.2 Å². The monoisotopic (exact) mass is 1020 g/mol. The molecule has 73 heavy (non-hydrogen) atoms. The zero-order chi connectivity index (χ0) is 52.9. The summed E-state index contributed by atoms with van der Waals surface area (Å²) < 4.78 is 16.9. The second kappa shape index (κ2) is 61.9. The van der Waals surface area contributed by atoms with E-state index in [9.17, 15) is 14.4 Å². The summed E-state index contributed by atoms with van der Waals surface area (Å²) in [7, 11) is 0. The molecule has 0 saturated carbocycles. The van der Waals surface area contributed by atoms with Gasteiger partial charge < -0.3 is 14.2 Å². The molecule has 0 aliphatic rings. The van der Waals surface area contributed by atoms with Crippen LogP contribution in [0.15, 0.2) is 48.6 Å². The van der Waals surface area contributed by atoms with Crippen LogP contribution in [-0.2, 0) is 28.6 Å². The fourth-order valence-corrected chi connectivity index (χ4v) is 9.45. The Morgan fingerprint density at radius 1 is 0.274 bits per heavy atom. The van der Waals surface area contributed by atoms with Gasteiger partial charge in [-0.25, -0.2) is 0 Å². The van der Waals surface area contributed by atoms with Gasteiger partial charge >= 0.3 is 17.9 Å². The largest absolute Gasteiger partial charge is 0.462 e. The lowest BCUT2D eigenvalue weighted by molar-refractivity contribution is -0.167. The van der Waals surface area contributed by atoms with Gasteiger partial charge in [0.05, 0.1) is 0 Å². The summed E-state index contributed by atoms with van der Waals surface area (Å²) in [6.07, 6.45) is 77.1. The predicted octanol–water partition coefficient (Wildman–Crippen LogP) is 21.8. The molecule has 0 rings (SSSR count). The van der Waals surface area contributed by atoms with Crippen LogP contribution >= 0.6 is 0 Å². The Kier molecular flexibility index (Phi) is 59.7. The number of hydrogen-bond donors (Lipinski definition) is 0. The molecular weight excluding hydrogens is 901 g/mol. The lowest BCUT2D eigenvalue weighted by Crippen LogP contribution is -2.30. The summed E-state index contributed by atoms with van der Waals surface area (Å²) >= 11 is 0.